The molecule has 1 aromatic carbocycles. The summed E-state index contributed by atoms with van der Waals surface area (Å²) in [5, 5.41) is 12.0. The van der Waals surface area contributed by atoms with E-state index in [1.165, 1.54) is 0 Å². The predicted molar refractivity (Wildman–Crippen MR) is 116 cm³/mol. The van der Waals surface area contributed by atoms with E-state index >= 15 is 0 Å². The average molecular weight is 421 g/mol. The lowest BCUT2D eigenvalue weighted by Gasteiger charge is -2.48. The molecule has 1 saturated carbocycles. The number of imidazole rings is 1. The van der Waals surface area contributed by atoms with Crippen molar-refractivity contribution >= 4 is 5.91 Å². The fourth-order valence-corrected chi connectivity index (χ4v) is 5.29. The summed E-state index contributed by atoms with van der Waals surface area (Å²) in [6.45, 7) is 8.60. The van der Waals surface area contributed by atoms with E-state index in [2.05, 4.69) is 41.4 Å². The number of nitrogens with zero attached hydrogens (tertiary/aromatic N) is 5. The van der Waals surface area contributed by atoms with Gasteiger partial charge in [0, 0.05) is 17.3 Å². The number of aromatic nitrogens is 5. The minimum Gasteiger partial charge on any atom is -0.495 e. The van der Waals surface area contributed by atoms with Crippen molar-refractivity contribution in [2.45, 2.75) is 52.1 Å². The second-order valence-corrected chi connectivity index (χ2v) is 9.53. The fourth-order valence-electron chi connectivity index (χ4n) is 5.29. The maximum absolute atomic E-state index is 13.0. The Bertz CT molecular complexity index is 1160. The van der Waals surface area contributed by atoms with Crippen molar-refractivity contribution in [2.24, 2.45) is 11.3 Å². The van der Waals surface area contributed by atoms with Crippen molar-refractivity contribution in [3.8, 4) is 22.7 Å². The first-order chi connectivity index (χ1) is 14.7. The van der Waals surface area contributed by atoms with Crippen LogP contribution in [-0.2, 0) is 4.79 Å². The number of amides is 1. The highest BCUT2D eigenvalue weighted by Gasteiger charge is 2.60. The van der Waals surface area contributed by atoms with Crippen molar-refractivity contribution < 1.29 is 9.53 Å². The van der Waals surface area contributed by atoms with E-state index in [0.29, 0.717) is 11.4 Å². The lowest BCUT2D eigenvalue weighted by atomic mass is 9.66. The number of carbonyl (C=O) groups is 1. The quantitative estimate of drug-likeness (QED) is 0.700. The molecule has 5 rings (SSSR count). The Balaban J connectivity index is 1.48. The summed E-state index contributed by atoms with van der Waals surface area (Å²) in [5.41, 5.74) is 3.26. The van der Waals surface area contributed by atoms with Crippen LogP contribution in [0.1, 0.15) is 45.3 Å². The van der Waals surface area contributed by atoms with Gasteiger partial charge in [0.2, 0.25) is 5.91 Å². The second-order valence-electron chi connectivity index (χ2n) is 9.53. The normalized spacial score (nSPS) is 26.7. The molecule has 1 aliphatic heterocycles. The number of benzene rings is 1. The largest absolute Gasteiger partial charge is 0.495 e. The van der Waals surface area contributed by atoms with Crippen molar-refractivity contribution in [3.05, 3.63) is 42.6 Å². The molecule has 1 amide bonds. The van der Waals surface area contributed by atoms with Crippen LogP contribution in [0.25, 0.3) is 16.9 Å². The van der Waals surface area contributed by atoms with Crippen LogP contribution >= 0.6 is 0 Å². The SMILES string of the molecule is COc1cc(-c2cn(C3C(=O)N[C@]4(C)CCC3C4(C)C)nn2)ccc1-n1cnc(C)c1. The van der Waals surface area contributed by atoms with E-state index in [-0.39, 0.29) is 28.8 Å². The smallest absolute Gasteiger partial charge is 0.245 e. The Hall–Kier alpha value is -3.16. The van der Waals surface area contributed by atoms with Crippen LogP contribution in [0.5, 0.6) is 5.75 Å². The Morgan fingerprint density at radius 3 is 2.74 bits per heavy atom. The molecule has 8 heteroatoms. The van der Waals surface area contributed by atoms with E-state index < -0.39 is 0 Å². The van der Waals surface area contributed by atoms with Gasteiger partial charge in [-0.25, -0.2) is 9.67 Å². The van der Waals surface area contributed by atoms with Gasteiger partial charge in [0.05, 0.1) is 31.0 Å². The van der Waals surface area contributed by atoms with E-state index in [0.717, 1.165) is 29.8 Å². The van der Waals surface area contributed by atoms with Crippen LogP contribution in [0.4, 0.5) is 0 Å². The molecule has 0 spiro atoms. The van der Waals surface area contributed by atoms with Crippen molar-refractivity contribution in [3.63, 3.8) is 0 Å². The number of hydrogen-bond donors (Lipinski definition) is 1. The van der Waals surface area contributed by atoms with Gasteiger partial charge in [0.25, 0.3) is 0 Å². The van der Waals surface area contributed by atoms with Gasteiger partial charge in [-0.1, -0.05) is 25.1 Å². The molecule has 162 valence electrons. The molecule has 1 saturated heterocycles. The Labute approximate surface area is 181 Å². The predicted octanol–water partition coefficient (Wildman–Crippen LogP) is 3.31. The highest BCUT2D eigenvalue weighted by molar-refractivity contribution is 5.83. The highest BCUT2D eigenvalue weighted by atomic mass is 16.5. The lowest BCUT2D eigenvalue weighted by Crippen LogP contribution is -2.62. The number of rotatable bonds is 4. The van der Waals surface area contributed by atoms with Gasteiger partial charge >= 0.3 is 0 Å². The van der Waals surface area contributed by atoms with Gasteiger partial charge in [-0.05, 0) is 50.2 Å². The summed E-state index contributed by atoms with van der Waals surface area (Å²) >= 11 is 0. The zero-order chi connectivity index (χ0) is 22.0. The molecule has 2 aliphatic rings. The van der Waals surface area contributed by atoms with Crippen LogP contribution in [0.15, 0.2) is 36.9 Å². The number of aryl methyl sites for hydroxylation is 1. The van der Waals surface area contributed by atoms with Gasteiger partial charge in [-0.3, -0.25) is 4.79 Å². The molecular formula is C23H28N6O2. The summed E-state index contributed by atoms with van der Waals surface area (Å²) < 4.78 is 9.29. The van der Waals surface area contributed by atoms with E-state index in [1.807, 2.05) is 42.1 Å². The number of piperidine rings is 1. The first-order valence-electron chi connectivity index (χ1n) is 10.7. The van der Waals surface area contributed by atoms with Crippen LogP contribution in [0, 0.1) is 18.3 Å². The van der Waals surface area contributed by atoms with Crippen LogP contribution < -0.4 is 10.1 Å². The van der Waals surface area contributed by atoms with E-state index in [4.69, 9.17) is 4.74 Å². The molecule has 3 atom stereocenters. The number of fused-ring (bicyclic) bond motifs is 2. The minimum absolute atomic E-state index is 0.00844. The Morgan fingerprint density at radius 2 is 2.03 bits per heavy atom. The van der Waals surface area contributed by atoms with Gasteiger partial charge in [-0.15, -0.1) is 5.10 Å². The molecule has 2 aromatic heterocycles. The van der Waals surface area contributed by atoms with Gasteiger partial charge < -0.3 is 14.6 Å². The van der Waals surface area contributed by atoms with E-state index in [1.54, 1.807) is 18.1 Å². The van der Waals surface area contributed by atoms with Crippen molar-refractivity contribution in [1.29, 1.82) is 0 Å². The molecule has 2 bridgehead atoms. The lowest BCUT2D eigenvalue weighted by molar-refractivity contribution is -0.135. The summed E-state index contributed by atoms with van der Waals surface area (Å²) in [6.07, 6.45) is 7.57. The topological polar surface area (TPSA) is 86.9 Å². The minimum atomic E-state index is -0.345. The monoisotopic (exact) mass is 420 g/mol. The van der Waals surface area contributed by atoms with Crippen LogP contribution in [-0.4, -0.2) is 43.1 Å². The van der Waals surface area contributed by atoms with Gasteiger partial charge in [-0.2, -0.15) is 0 Å². The van der Waals surface area contributed by atoms with Crippen LogP contribution in [0.2, 0.25) is 0 Å². The average Bonchev–Trinajstić information content (AvgIpc) is 3.41. The fraction of sp³-hybridized carbons (Fsp3) is 0.478. The number of methoxy groups -OCH3 is 1. The summed E-state index contributed by atoms with van der Waals surface area (Å²) in [5.74, 6) is 0.971. The Morgan fingerprint density at radius 1 is 1.23 bits per heavy atom. The standard InChI is InChI=1S/C23H28N6O2/c1-14-11-28(13-24-14)18-7-6-15(10-19(18)31-5)17-12-29(27-26-17)20-16-8-9-23(4,22(16,2)3)25-21(20)30/h6-7,10-13,16,20H,8-9H2,1-5H3,(H,25,30)/t16?,20?,23-/m1/s1. The van der Waals surface area contributed by atoms with Crippen molar-refractivity contribution in [2.75, 3.05) is 7.11 Å². The van der Waals surface area contributed by atoms with Crippen molar-refractivity contribution in [1.82, 2.24) is 29.9 Å². The van der Waals surface area contributed by atoms with E-state index in [9.17, 15) is 4.79 Å². The maximum Gasteiger partial charge on any atom is 0.245 e. The summed E-state index contributed by atoms with van der Waals surface area (Å²) in [7, 11) is 1.65. The number of carbonyl (C=O) groups excluding carboxylic acids is 1. The molecule has 31 heavy (non-hydrogen) atoms. The second kappa shape index (κ2) is 6.67. The summed E-state index contributed by atoms with van der Waals surface area (Å²) in [6, 6.07) is 5.56. The van der Waals surface area contributed by atoms with Crippen LogP contribution in [0.3, 0.4) is 0 Å². The molecule has 8 nitrogen and oxygen atoms in total. The zero-order valence-electron chi connectivity index (χ0n) is 18.6. The highest BCUT2D eigenvalue weighted by Crippen LogP contribution is 2.56. The first kappa shape index (κ1) is 19.8. The third-order valence-electron chi connectivity index (χ3n) is 7.61. The zero-order valence-corrected chi connectivity index (χ0v) is 18.6. The molecule has 3 aromatic rings. The van der Waals surface area contributed by atoms with Gasteiger partial charge in [0.15, 0.2) is 0 Å². The molecular weight excluding hydrogens is 392 g/mol. The molecule has 2 fully saturated rings. The molecule has 3 heterocycles. The molecule has 1 aliphatic carbocycles. The number of hydrogen-bond acceptors (Lipinski definition) is 5. The number of ether oxygens (including phenoxy) is 1. The third kappa shape index (κ3) is 2.88. The molecule has 0 radical (unpaired) electrons. The molecule has 1 N–H and O–H groups in total. The van der Waals surface area contributed by atoms with Gasteiger partial charge in [0.1, 0.15) is 17.5 Å². The first-order valence-corrected chi connectivity index (χ1v) is 10.7. The maximum atomic E-state index is 13.0. The Kier molecular flexibility index (Phi) is 4.26. The summed E-state index contributed by atoms with van der Waals surface area (Å²) in [4.78, 5) is 17.3. The number of nitrogens with one attached hydrogen (secondary N) is 1. The third-order valence-corrected chi connectivity index (χ3v) is 7.61. The molecule has 2 unspecified atom stereocenters.